The summed E-state index contributed by atoms with van der Waals surface area (Å²) in [6.07, 6.45) is 1.30. The number of aromatic nitrogens is 3. The summed E-state index contributed by atoms with van der Waals surface area (Å²) in [4.78, 5) is 22.5. The van der Waals surface area contributed by atoms with Gasteiger partial charge in [-0.25, -0.2) is 14.8 Å². The molecular weight excluding hydrogens is 274 g/mol. The molecule has 7 nitrogen and oxygen atoms in total. The predicted octanol–water partition coefficient (Wildman–Crippen LogP) is 2.04. The van der Waals surface area contributed by atoms with E-state index in [-0.39, 0.29) is 17.1 Å². The fraction of sp³-hybridized carbons (Fsp3) is 0.0714. The Kier molecular flexibility index (Phi) is 2.94. The Morgan fingerprint density at radius 1 is 1.33 bits per heavy atom. The molecule has 3 aromatic rings. The summed E-state index contributed by atoms with van der Waals surface area (Å²) in [5, 5.41) is 18.6. The van der Waals surface area contributed by atoms with Crippen LogP contribution >= 0.6 is 0 Å². The molecule has 0 radical (unpaired) electrons. The SMILES string of the molecule is COc1ccc(-c2nc3ncc(O)cc3[nH]2)cc1C(=O)O. The van der Waals surface area contributed by atoms with Crippen LogP contribution in [0.25, 0.3) is 22.6 Å². The molecule has 0 aliphatic rings. The average Bonchev–Trinajstić information content (AvgIpc) is 2.89. The minimum Gasteiger partial charge on any atom is -0.506 e. The second-order valence-corrected chi connectivity index (χ2v) is 4.37. The maximum atomic E-state index is 11.2. The van der Waals surface area contributed by atoms with Crippen LogP contribution < -0.4 is 4.74 Å². The number of H-pyrrole nitrogens is 1. The fourth-order valence-corrected chi connectivity index (χ4v) is 2.05. The van der Waals surface area contributed by atoms with Crippen LogP contribution in [0.4, 0.5) is 0 Å². The standard InChI is InChI=1S/C14H11N3O4/c1-21-11-3-2-7(4-9(11)14(19)20)12-16-10-5-8(18)6-15-13(10)17-12/h2-6,18H,1H3,(H,19,20)(H,15,16,17). The molecule has 0 bridgehead atoms. The lowest BCUT2D eigenvalue weighted by Gasteiger charge is -2.06. The molecule has 0 amide bonds. The first-order valence-corrected chi connectivity index (χ1v) is 6.05. The van der Waals surface area contributed by atoms with Gasteiger partial charge in [0.15, 0.2) is 5.65 Å². The Bertz CT molecular complexity index is 841. The molecular formula is C14H11N3O4. The van der Waals surface area contributed by atoms with Gasteiger partial charge in [0.25, 0.3) is 0 Å². The van der Waals surface area contributed by atoms with E-state index in [2.05, 4.69) is 15.0 Å². The van der Waals surface area contributed by atoms with Crippen molar-refractivity contribution in [3.8, 4) is 22.9 Å². The lowest BCUT2D eigenvalue weighted by atomic mass is 10.1. The van der Waals surface area contributed by atoms with E-state index in [0.29, 0.717) is 22.6 Å². The van der Waals surface area contributed by atoms with E-state index in [1.165, 1.54) is 25.4 Å². The van der Waals surface area contributed by atoms with Gasteiger partial charge < -0.3 is 19.9 Å². The van der Waals surface area contributed by atoms with Gasteiger partial charge >= 0.3 is 5.97 Å². The highest BCUT2D eigenvalue weighted by molar-refractivity contribution is 5.92. The second-order valence-electron chi connectivity index (χ2n) is 4.37. The number of benzene rings is 1. The zero-order chi connectivity index (χ0) is 15.0. The monoisotopic (exact) mass is 285 g/mol. The van der Waals surface area contributed by atoms with Crippen molar-refractivity contribution in [2.24, 2.45) is 0 Å². The Morgan fingerprint density at radius 2 is 2.14 bits per heavy atom. The van der Waals surface area contributed by atoms with Gasteiger partial charge in [-0.15, -0.1) is 0 Å². The number of fused-ring (bicyclic) bond motifs is 1. The number of imidazole rings is 1. The van der Waals surface area contributed by atoms with Crippen LogP contribution in [0, 0.1) is 0 Å². The van der Waals surface area contributed by atoms with E-state index >= 15 is 0 Å². The van der Waals surface area contributed by atoms with E-state index in [1.807, 2.05) is 0 Å². The van der Waals surface area contributed by atoms with Crippen LogP contribution in [0.15, 0.2) is 30.5 Å². The Balaban J connectivity index is 2.13. The fourth-order valence-electron chi connectivity index (χ4n) is 2.05. The van der Waals surface area contributed by atoms with Crippen molar-refractivity contribution in [1.82, 2.24) is 15.0 Å². The highest BCUT2D eigenvalue weighted by atomic mass is 16.5. The van der Waals surface area contributed by atoms with Gasteiger partial charge in [-0.05, 0) is 18.2 Å². The van der Waals surface area contributed by atoms with E-state index < -0.39 is 5.97 Å². The minimum absolute atomic E-state index is 0.0265. The van der Waals surface area contributed by atoms with Crippen LogP contribution in [-0.2, 0) is 0 Å². The van der Waals surface area contributed by atoms with Crippen molar-refractivity contribution in [2.75, 3.05) is 7.11 Å². The van der Waals surface area contributed by atoms with Gasteiger partial charge in [-0.2, -0.15) is 0 Å². The number of hydrogen-bond acceptors (Lipinski definition) is 5. The number of carboxylic acids is 1. The number of ether oxygens (including phenoxy) is 1. The zero-order valence-corrected chi connectivity index (χ0v) is 11.0. The van der Waals surface area contributed by atoms with Crippen molar-refractivity contribution in [2.45, 2.75) is 0 Å². The summed E-state index contributed by atoms with van der Waals surface area (Å²) < 4.78 is 5.02. The zero-order valence-electron chi connectivity index (χ0n) is 11.0. The number of rotatable bonds is 3. The van der Waals surface area contributed by atoms with E-state index in [1.54, 1.807) is 12.1 Å². The van der Waals surface area contributed by atoms with E-state index in [4.69, 9.17) is 4.74 Å². The van der Waals surface area contributed by atoms with Crippen LogP contribution in [-0.4, -0.2) is 38.2 Å². The molecule has 0 spiro atoms. The van der Waals surface area contributed by atoms with Gasteiger partial charge in [0.2, 0.25) is 0 Å². The van der Waals surface area contributed by atoms with Crippen molar-refractivity contribution in [3.05, 3.63) is 36.0 Å². The number of carboxylic acid groups (broad SMARTS) is 1. The van der Waals surface area contributed by atoms with Gasteiger partial charge in [0.1, 0.15) is 22.9 Å². The smallest absolute Gasteiger partial charge is 0.339 e. The molecule has 0 atom stereocenters. The average molecular weight is 285 g/mol. The van der Waals surface area contributed by atoms with Crippen LogP contribution in [0.5, 0.6) is 11.5 Å². The van der Waals surface area contributed by atoms with E-state index in [0.717, 1.165) is 0 Å². The molecule has 106 valence electrons. The quantitative estimate of drug-likeness (QED) is 0.679. The number of hydrogen-bond donors (Lipinski definition) is 3. The van der Waals surface area contributed by atoms with Crippen molar-refractivity contribution < 1.29 is 19.7 Å². The highest BCUT2D eigenvalue weighted by Crippen LogP contribution is 2.27. The van der Waals surface area contributed by atoms with Crippen molar-refractivity contribution in [3.63, 3.8) is 0 Å². The van der Waals surface area contributed by atoms with Gasteiger partial charge in [0, 0.05) is 11.6 Å². The number of pyridine rings is 1. The van der Waals surface area contributed by atoms with Crippen LogP contribution in [0.3, 0.4) is 0 Å². The first-order chi connectivity index (χ1) is 10.1. The van der Waals surface area contributed by atoms with Crippen molar-refractivity contribution in [1.29, 1.82) is 0 Å². The lowest BCUT2D eigenvalue weighted by Crippen LogP contribution is -2.00. The van der Waals surface area contributed by atoms with E-state index in [9.17, 15) is 15.0 Å². The summed E-state index contributed by atoms with van der Waals surface area (Å²) in [6, 6.07) is 6.24. The number of aromatic hydroxyl groups is 1. The molecule has 0 saturated carbocycles. The molecule has 7 heteroatoms. The molecule has 21 heavy (non-hydrogen) atoms. The molecule has 0 saturated heterocycles. The number of methoxy groups -OCH3 is 1. The molecule has 1 aromatic carbocycles. The van der Waals surface area contributed by atoms with Crippen molar-refractivity contribution >= 4 is 17.1 Å². The summed E-state index contributed by atoms with van der Waals surface area (Å²) in [5.74, 6) is -0.314. The third-order valence-electron chi connectivity index (χ3n) is 3.03. The molecule has 0 aliphatic carbocycles. The summed E-state index contributed by atoms with van der Waals surface area (Å²) in [7, 11) is 1.41. The Hall–Kier alpha value is -3.09. The van der Waals surface area contributed by atoms with Gasteiger partial charge in [-0.1, -0.05) is 0 Å². The number of aromatic carboxylic acids is 1. The maximum absolute atomic E-state index is 11.2. The molecule has 3 rings (SSSR count). The highest BCUT2D eigenvalue weighted by Gasteiger charge is 2.14. The Morgan fingerprint density at radius 3 is 2.86 bits per heavy atom. The second kappa shape index (κ2) is 4.78. The predicted molar refractivity (Wildman–Crippen MR) is 74.5 cm³/mol. The first-order valence-electron chi connectivity index (χ1n) is 6.05. The van der Waals surface area contributed by atoms with Gasteiger partial charge in [0.05, 0.1) is 18.8 Å². The molecule has 2 aromatic heterocycles. The van der Waals surface area contributed by atoms with Crippen LogP contribution in [0.1, 0.15) is 10.4 Å². The number of nitrogens with one attached hydrogen (secondary N) is 1. The van der Waals surface area contributed by atoms with Gasteiger partial charge in [-0.3, -0.25) is 0 Å². The normalized spacial score (nSPS) is 10.7. The number of carbonyl (C=O) groups is 1. The first kappa shape index (κ1) is 12.9. The Labute approximate surface area is 118 Å². The third-order valence-corrected chi connectivity index (χ3v) is 3.03. The summed E-state index contributed by atoms with van der Waals surface area (Å²) >= 11 is 0. The summed E-state index contributed by atoms with van der Waals surface area (Å²) in [5.41, 5.74) is 1.64. The lowest BCUT2D eigenvalue weighted by molar-refractivity contribution is 0.0693. The molecule has 3 N–H and O–H groups in total. The number of aromatic amines is 1. The largest absolute Gasteiger partial charge is 0.506 e. The number of nitrogens with zero attached hydrogens (tertiary/aromatic N) is 2. The molecule has 2 heterocycles. The maximum Gasteiger partial charge on any atom is 0.339 e. The van der Waals surface area contributed by atoms with Crippen LogP contribution in [0.2, 0.25) is 0 Å². The molecule has 0 unspecified atom stereocenters. The minimum atomic E-state index is -1.08. The third kappa shape index (κ3) is 2.25. The topological polar surface area (TPSA) is 108 Å². The summed E-state index contributed by atoms with van der Waals surface area (Å²) in [6.45, 7) is 0. The molecule has 0 aliphatic heterocycles. The molecule has 0 fully saturated rings.